The molecule has 3 atom stereocenters. The molecule has 1 saturated carbocycles. The van der Waals surface area contributed by atoms with E-state index in [2.05, 4.69) is 0 Å². The van der Waals surface area contributed by atoms with Gasteiger partial charge in [0.15, 0.2) is 0 Å². The number of epoxide rings is 1. The van der Waals surface area contributed by atoms with E-state index in [1.807, 2.05) is 0 Å². The number of ether oxygens (including phenoxy) is 3. The fraction of sp³-hybridized carbons (Fsp3) is 1.00. The summed E-state index contributed by atoms with van der Waals surface area (Å²) in [6.07, 6.45) is 7.82. The van der Waals surface area contributed by atoms with Gasteiger partial charge in [-0.05, 0) is 32.1 Å². The standard InChI is InChI=1S/C11H18O3/c1-3-10-11(14-10)4-2-8(1)13-9-5-6-12-7-9/h8-11H,1-7H2. The summed E-state index contributed by atoms with van der Waals surface area (Å²) in [7, 11) is 0. The lowest BCUT2D eigenvalue weighted by Gasteiger charge is -2.19. The first kappa shape index (κ1) is 9.13. The van der Waals surface area contributed by atoms with Crippen LogP contribution in [0.15, 0.2) is 0 Å². The van der Waals surface area contributed by atoms with Crippen molar-refractivity contribution >= 4 is 0 Å². The lowest BCUT2D eigenvalue weighted by molar-refractivity contribution is -0.0258. The number of hydrogen-bond acceptors (Lipinski definition) is 3. The van der Waals surface area contributed by atoms with Crippen LogP contribution in [-0.2, 0) is 14.2 Å². The minimum Gasteiger partial charge on any atom is -0.379 e. The molecule has 80 valence electrons. The van der Waals surface area contributed by atoms with Crippen molar-refractivity contribution in [2.45, 2.75) is 56.5 Å². The summed E-state index contributed by atoms with van der Waals surface area (Å²) in [5.41, 5.74) is 0. The quantitative estimate of drug-likeness (QED) is 0.630. The third-order valence-corrected chi connectivity index (χ3v) is 3.51. The first-order valence-corrected chi connectivity index (χ1v) is 5.80. The van der Waals surface area contributed by atoms with Gasteiger partial charge in [0.05, 0.1) is 31.0 Å². The third kappa shape index (κ3) is 1.95. The Bertz CT molecular complexity index is 189. The van der Waals surface area contributed by atoms with Crippen LogP contribution >= 0.6 is 0 Å². The van der Waals surface area contributed by atoms with Crippen LogP contribution in [0.1, 0.15) is 32.1 Å². The van der Waals surface area contributed by atoms with Gasteiger partial charge in [-0.15, -0.1) is 0 Å². The van der Waals surface area contributed by atoms with Gasteiger partial charge in [0.2, 0.25) is 0 Å². The molecule has 0 aromatic heterocycles. The molecule has 3 aliphatic rings. The summed E-state index contributed by atoms with van der Waals surface area (Å²) in [6.45, 7) is 1.69. The Morgan fingerprint density at radius 2 is 1.64 bits per heavy atom. The summed E-state index contributed by atoms with van der Waals surface area (Å²) in [5, 5.41) is 0. The Morgan fingerprint density at radius 1 is 0.857 bits per heavy atom. The average Bonchev–Trinajstić information content (AvgIpc) is 2.79. The summed E-state index contributed by atoms with van der Waals surface area (Å²) in [5.74, 6) is 0. The molecule has 3 nitrogen and oxygen atoms in total. The topological polar surface area (TPSA) is 31.0 Å². The van der Waals surface area contributed by atoms with Gasteiger partial charge < -0.3 is 14.2 Å². The zero-order valence-electron chi connectivity index (χ0n) is 8.48. The van der Waals surface area contributed by atoms with Crippen molar-refractivity contribution in [1.82, 2.24) is 0 Å². The van der Waals surface area contributed by atoms with Gasteiger partial charge >= 0.3 is 0 Å². The van der Waals surface area contributed by atoms with Crippen molar-refractivity contribution in [1.29, 1.82) is 0 Å². The van der Waals surface area contributed by atoms with Crippen molar-refractivity contribution < 1.29 is 14.2 Å². The van der Waals surface area contributed by atoms with Gasteiger partial charge in [-0.3, -0.25) is 0 Å². The molecule has 3 rings (SSSR count). The minimum atomic E-state index is 0.371. The summed E-state index contributed by atoms with van der Waals surface area (Å²) >= 11 is 0. The number of hydrogen-bond donors (Lipinski definition) is 0. The van der Waals surface area contributed by atoms with Gasteiger partial charge in [-0.1, -0.05) is 0 Å². The smallest absolute Gasteiger partial charge is 0.0842 e. The summed E-state index contributed by atoms with van der Waals surface area (Å²) < 4.78 is 16.8. The highest BCUT2D eigenvalue weighted by Crippen LogP contribution is 2.36. The second-order valence-electron chi connectivity index (χ2n) is 4.61. The molecule has 1 aliphatic carbocycles. The van der Waals surface area contributed by atoms with Crippen LogP contribution in [0.3, 0.4) is 0 Å². The van der Waals surface area contributed by atoms with E-state index in [-0.39, 0.29) is 0 Å². The van der Waals surface area contributed by atoms with Crippen molar-refractivity contribution in [2.24, 2.45) is 0 Å². The van der Waals surface area contributed by atoms with Gasteiger partial charge in [0.1, 0.15) is 0 Å². The van der Waals surface area contributed by atoms with Crippen molar-refractivity contribution in [3.05, 3.63) is 0 Å². The van der Waals surface area contributed by atoms with E-state index in [4.69, 9.17) is 14.2 Å². The molecule has 0 aromatic rings. The predicted molar refractivity (Wildman–Crippen MR) is 51.2 cm³/mol. The molecule has 0 amide bonds. The zero-order chi connectivity index (χ0) is 9.38. The van der Waals surface area contributed by atoms with Crippen LogP contribution in [0.5, 0.6) is 0 Å². The Labute approximate surface area is 84.7 Å². The fourth-order valence-electron chi connectivity index (χ4n) is 2.56. The zero-order valence-corrected chi connectivity index (χ0v) is 8.48. The normalized spacial score (nSPS) is 47.1. The van der Waals surface area contributed by atoms with Crippen LogP contribution in [-0.4, -0.2) is 37.6 Å². The van der Waals surface area contributed by atoms with Crippen LogP contribution in [0, 0.1) is 0 Å². The average molecular weight is 198 g/mol. The van der Waals surface area contributed by atoms with Gasteiger partial charge in [-0.2, -0.15) is 0 Å². The van der Waals surface area contributed by atoms with Crippen LogP contribution < -0.4 is 0 Å². The molecule has 2 aliphatic heterocycles. The van der Waals surface area contributed by atoms with E-state index in [1.54, 1.807) is 0 Å². The highest BCUT2D eigenvalue weighted by atomic mass is 16.6. The van der Waals surface area contributed by atoms with Crippen molar-refractivity contribution in [2.75, 3.05) is 13.2 Å². The molecule has 14 heavy (non-hydrogen) atoms. The second kappa shape index (κ2) is 3.80. The molecule has 0 bridgehead atoms. The highest BCUT2D eigenvalue weighted by molar-refractivity contribution is 4.89. The van der Waals surface area contributed by atoms with E-state index in [1.165, 1.54) is 25.7 Å². The van der Waals surface area contributed by atoms with E-state index in [9.17, 15) is 0 Å². The van der Waals surface area contributed by atoms with Crippen LogP contribution in [0.4, 0.5) is 0 Å². The maximum atomic E-state index is 6.02. The first-order chi connectivity index (χ1) is 6.92. The Morgan fingerprint density at radius 3 is 2.29 bits per heavy atom. The molecule has 2 saturated heterocycles. The summed E-state index contributed by atoms with van der Waals surface area (Å²) in [6, 6.07) is 0. The third-order valence-electron chi connectivity index (χ3n) is 3.51. The molecule has 0 radical (unpaired) electrons. The SMILES string of the molecule is C1CC(OC2CCC3OC3CC2)CO1. The Hall–Kier alpha value is -0.120. The van der Waals surface area contributed by atoms with Gasteiger partial charge in [-0.25, -0.2) is 0 Å². The van der Waals surface area contributed by atoms with E-state index >= 15 is 0 Å². The summed E-state index contributed by atoms with van der Waals surface area (Å²) in [4.78, 5) is 0. The molecule has 3 fully saturated rings. The fourth-order valence-corrected chi connectivity index (χ4v) is 2.56. The monoisotopic (exact) mass is 198 g/mol. The molecule has 0 N–H and O–H groups in total. The van der Waals surface area contributed by atoms with Crippen LogP contribution in [0.2, 0.25) is 0 Å². The highest BCUT2D eigenvalue weighted by Gasteiger charge is 2.41. The van der Waals surface area contributed by atoms with Crippen molar-refractivity contribution in [3.8, 4) is 0 Å². The molecule has 3 heteroatoms. The number of rotatable bonds is 2. The van der Waals surface area contributed by atoms with Crippen molar-refractivity contribution in [3.63, 3.8) is 0 Å². The molecule has 0 aromatic carbocycles. The lowest BCUT2D eigenvalue weighted by Crippen LogP contribution is -2.22. The molecule has 2 heterocycles. The molecular formula is C11H18O3. The van der Waals surface area contributed by atoms with Crippen LogP contribution in [0.25, 0.3) is 0 Å². The molecule has 3 unspecified atom stereocenters. The second-order valence-corrected chi connectivity index (χ2v) is 4.61. The van der Waals surface area contributed by atoms with Gasteiger partial charge in [0, 0.05) is 6.61 Å². The Balaban J connectivity index is 1.47. The lowest BCUT2D eigenvalue weighted by atomic mass is 10.1. The minimum absolute atomic E-state index is 0.371. The van der Waals surface area contributed by atoms with E-state index < -0.39 is 0 Å². The number of fused-ring (bicyclic) bond motifs is 1. The molecule has 0 spiro atoms. The molecular weight excluding hydrogens is 180 g/mol. The van der Waals surface area contributed by atoms with E-state index in [0.717, 1.165) is 19.6 Å². The predicted octanol–water partition coefficient (Wildman–Crippen LogP) is 1.50. The first-order valence-electron chi connectivity index (χ1n) is 5.80. The largest absolute Gasteiger partial charge is 0.379 e. The maximum Gasteiger partial charge on any atom is 0.0842 e. The van der Waals surface area contributed by atoms with Gasteiger partial charge in [0.25, 0.3) is 0 Å². The van der Waals surface area contributed by atoms with E-state index in [0.29, 0.717) is 24.4 Å². The maximum absolute atomic E-state index is 6.02. The Kier molecular flexibility index (Phi) is 2.48.